The number of aryl methyl sites for hydroxylation is 1. The smallest absolute Gasteiger partial charge is 0.340 e. The molecule has 2 aromatic rings. The van der Waals surface area contributed by atoms with E-state index in [0.717, 1.165) is 17.7 Å². The zero-order valence-electron chi connectivity index (χ0n) is 16.9. The average Bonchev–Trinajstić information content (AvgIpc) is 2.72. The van der Waals surface area contributed by atoms with Crippen molar-refractivity contribution >= 4 is 35.2 Å². The Morgan fingerprint density at radius 1 is 1.07 bits per heavy atom. The van der Waals surface area contributed by atoms with Crippen LogP contribution in [0.3, 0.4) is 0 Å². The maximum absolute atomic E-state index is 12.5. The molecule has 154 valence electrons. The fourth-order valence-corrected chi connectivity index (χ4v) is 3.25. The summed E-state index contributed by atoms with van der Waals surface area (Å²) in [6.45, 7) is 5.99. The van der Waals surface area contributed by atoms with Gasteiger partial charge in [0.2, 0.25) is 5.91 Å². The lowest BCUT2D eigenvalue weighted by Crippen LogP contribution is -2.36. The van der Waals surface area contributed by atoms with E-state index in [9.17, 15) is 14.4 Å². The van der Waals surface area contributed by atoms with E-state index < -0.39 is 12.1 Å². The number of ether oxygens (including phenoxy) is 1. The molecule has 6 nitrogen and oxygen atoms in total. The zero-order valence-corrected chi connectivity index (χ0v) is 17.7. The number of carbonyl (C=O) groups is 3. The van der Waals surface area contributed by atoms with Crippen LogP contribution in [0.25, 0.3) is 0 Å². The number of nitrogens with one attached hydrogen (secondary N) is 2. The van der Waals surface area contributed by atoms with Gasteiger partial charge in [-0.15, -0.1) is 11.8 Å². The Kier molecular flexibility index (Phi) is 8.73. The third kappa shape index (κ3) is 7.27. The molecule has 2 N–H and O–H groups in total. The van der Waals surface area contributed by atoms with E-state index in [-0.39, 0.29) is 17.6 Å². The molecule has 2 amide bonds. The molecule has 0 aromatic heterocycles. The first-order valence-electron chi connectivity index (χ1n) is 9.47. The summed E-state index contributed by atoms with van der Waals surface area (Å²) in [4.78, 5) is 37.3. The normalized spacial score (nSPS) is 11.4. The van der Waals surface area contributed by atoms with E-state index >= 15 is 0 Å². The van der Waals surface area contributed by atoms with Crippen LogP contribution < -0.4 is 10.6 Å². The van der Waals surface area contributed by atoms with Gasteiger partial charge in [0.1, 0.15) is 0 Å². The molecule has 0 saturated carbocycles. The van der Waals surface area contributed by atoms with Crippen LogP contribution in [0.2, 0.25) is 0 Å². The van der Waals surface area contributed by atoms with E-state index in [1.54, 1.807) is 24.3 Å². The Hall–Kier alpha value is -2.80. The summed E-state index contributed by atoms with van der Waals surface area (Å²) in [6, 6.07) is 14.4. The number of carbonyl (C=O) groups excluding carboxylic acids is 3. The van der Waals surface area contributed by atoms with Crippen LogP contribution in [0.15, 0.2) is 53.4 Å². The Labute approximate surface area is 175 Å². The van der Waals surface area contributed by atoms with Gasteiger partial charge in [0.15, 0.2) is 6.10 Å². The molecular weight excluding hydrogens is 388 g/mol. The second-order valence-electron chi connectivity index (χ2n) is 6.54. The Morgan fingerprint density at radius 3 is 2.45 bits per heavy atom. The van der Waals surface area contributed by atoms with Gasteiger partial charge in [0.25, 0.3) is 5.91 Å². The van der Waals surface area contributed by atoms with E-state index in [1.165, 1.54) is 18.7 Å². The van der Waals surface area contributed by atoms with Crippen LogP contribution in [0.4, 0.5) is 5.69 Å². The lowest BCUT2D eigenvalue weighted by atomic mass is 10.2. The van der Waals surface area contributed by atoms with E-state index in [1.807, 2.05) is 38.1 Å². The highest BCUT2D eigenvalue weighted by atomic mass is 32.2. The molecule has 0 fully saturated rings. The van der Waals surface area contributed by atoms with Gasteiger partial charge < -0.3 is 15.4 Å². The SMILES string of the molecule is CCCNC(=O)[C@H](C)OC(=O)c1ccccc1SCC(=O)Nc1ccc(C)cc1. The van der Waals surface area contributed by atoms with Crippen molar-refractivity contribution in [1.82, 2.24) is 5.32 Å². The molecule has 0 aliphatic carbocycles. The number of amides is 2. The van der Waals surface area contributed by atoms with Crippen molar-refractivity contribution in [2.75, 3.05) is 17.6 Å². The van der Waals surface area contributed by atoms with Gasteiger partial charge >= 0.3 is 5.97 Å². The van der Waals surface area contributed by atoms with E-state index in [0.29, 0.717) is 17.0 Å². The number of benzene rings is 2. The van der Waals surface area contributed by atoms with E-state index in [4.69, 9.17) is 4.74 Å². The van der Waals surface area contributed by atoms with Gasteiger partial charge in [-0.25, -0.2) is 4.79 Å². The van der Waals surface area contributed by atoms with E-state index in [2.05, 4.69) is 10.6 Å². The van der Waals surface area contributed by atoms with Crippen LogP contribution >= 0.6 is 11.8 Å². The van der Waals surface area contributed by atoms with Gasteiger partial charge in [0, 0.05) is 17.1 Å². The predicted molar refractivity (Wildman–Crippen MR) is 115 cm³/mol. The minimum absolute atomic E-state index is 0.144. The number of esters is 1. The highest BCUT2D eigenvalue weighted by molar-refractivity contribution is 8.00. The molecular formula is C22H26N2O4S. The fraction of sp³-hybridized carbons (Fsp3) is 0.318. The summed E-state index contributed by atoms with van der Waals surface area (Å²) < 4.78 is 5.28. The van der Waals surface area contributed by atoms with Crippen LogP contribution in [0.5, 0.6) is 0 Å². The first-order valence-corrected chi connectivity index (χ1v) is 10.5. The molecule has 0 aliphatic heterocycles. The third-order valence-corrected chi connectivity index (χ3v) is 5.08. The predicted octanol–water partition coefficient (Wildman–Crippen LogP) is 3.80. The summed E-state index contributed by atoms with van der Waals surface area (Å²) in [7, 11) is 0. The van der Waals surface area contributed by atoms with Crippen LogP contribution in [0, 0.1) is 6.92 Å². The van der Waals surface area contributed by atoms with Crippen LogP contribution in [0.1, 0.15) is 36.2 Å². The summed E-state index contributed by atoms with van der Waals surface area (Å²) in [5.41, 5.74) is 2.17. The molecule has 0 heterocycles. The monoisotopic (exact) mass is 414 g/mol. The van der Waals surface area contributed by atoms with Crippen molar-refractivity contribution in [2.24, 2.45) is 0 Å². The molecule has 0 spiro atoms. The number of hydrogen-bond acceptors (Lipinski definition) is 5. The second kappa shape index (κ2) is 11.3. The van der Waals surface area contributed by atoms with Crippen molar-refractivity contribution in [3.05, 3.63) is 59.7 Å². The molecule has 0 unspecified atom stereocenters. The molecule has 0 radical (unpaired) electrons. The van der Waals surface area contributed by atoms with Crippen molar-refractivity contribution in [1.29, 1.82) is 0 Å². The molecule has 7 heteroatoms. The quantitative estimate of drug-likeness (QED) is 0.482. The van der Waals surface area contributed by atoms with Gasteiger partial charge in [-0.05, 0) is 44.5 Å². The molecule has 29 heavy (non-hydrogen) atoms. The first kappa shape index (κ1) is 22.5. The topological polar surface area (TPSA) is 84.5 Å². The van der Waals surface area contributed by atoms with Gasteiger partial charge in [-0.3, -0.25) is 9.59 Å². The summed E-state index contributed by atoms with van der Waals surface area (Å²) in [5, 5.41) is 5.52. The number of rotatable bonds is 9. The maximum atomic E-state index is 12.5. The van der Waals surface area contributed by atoms with Crippen molar-refractivity contribution in [3.63, 3.8) is 0 Å². The summed E-state index contributed by atoms with van der Waals surface area (Å²) in [6.07, 6.45) is -0.0896. The zero-order chi connectivity index (χ0) is 21.2. The van der Waals surface area contributed by atoms with Crippen LogP contribution in [-0.4, -0.2) is 36.2 Å². The maximum Gasteiger partial charge on any atom is 0.340 e. The lowest BCUT2D eigenvalue weighted by Gasteiger charge is -2.14. The van der Waals surface area contributed by atoms with Crippen molar-refractivity contribution in [3.8, 4) is 0 Å². The molecule has 2 aromatic carbocycles. The number of anilines is 1. The van der Waals surface area contributed by atoms with Crippen LogP contribution in [-0.2, 0) is 14.3 Å². The Morgan fingerprint density at radius 2 is 1.76 bits per heavy atom. The van der Waals surface area contributed by atoms with Gasteiger partial charge in [0.05, 0.1) is 11.3 Å². The summed E-state index contributed by atoms with van der Waals surface area (Å²) in [5.74, 6) is -0.951. The summed E-state index contributed by atoms with van der Waals surface area (Å²) >= 11 is 1.24. The highest BCUT2D eigenvalue weighted by Gasteiger charge is 2.20. The lowest BCUT2D eigenvalue weighted by molar-refractivity contribution is -0.129. The molecule has 0 saturated heterocycles. The third-order valence-electron chi connectivity index (χ3n) is 4.00. The Bertz CT molecular complexity index is 852. The minimum atomic E-state index is -0.892. The van der Waals surface area contributed by atoms with Crippen molar-refractivity contribution < 1.29 is 19.1 Å². The molecule has 0 bridgehead atoms. The standard InChI is InChI=1S/C22H26N2O4S/c1-4-13-23-21(26)16(3)28-22(27)18-7-5-6-8-19(18)29-14-20(25)24-17-11-9-15(2)10-12-17/h5-12,16H,4,13-14H2,1-3H3,(H,23,26)(H,24,25)/t16-/m0/s1. The molecule has 0 aliphatic rings. The van der Waals surface area contributed by atoms with Gasteiger partial charge in [-0.1, -0.05) is 36.8 Å². The first-order chi connectivity index (χ1) is 13.9. The number of thioether (sulfide) groups is 1. The average molecular weight is 415 g/mol. The second-order valence-corrected chi connectivity index (χ2v) is 7.55. The highest BCUT2D eigenvalue weighted by Crippen LogP contribution is 2.24. The largest absolute Gasteiger partial charge is 0.449 e. The minimum Gasteiger partial charge on any atom is -0.449 e. The molecule has 2 rings (SSSR count). The number of hydrogen-bond donors (Lipinski definition) is 2. The Balaban J connectivity index is 1.95. The van der Waals surface area contributed by atoms with Crippen molar-refractivity contribution in [2.45, 2.75) is 38.2 Å². The fourth-order valence-electron chi connectivity index (χ4n) is 2.41. The van der Waals surface area contributed by atoms with Gasteiger partial charge in [-0.2, -0.15) is 0 Å². The molecule has 1 atom stereocenters.